The van der Waals surface area contributed by atoms with Crippen LogP contribution in [0.1, 0.15) is 23.0 Å². The Morgan fingerprint density at radius 3 is 2.69 bits per heavy atom. The van der Waals surface area contributed by atoms with E-state index in [0.29, 0.717) is 17.8 Å². The standard InChI is InChI=1S/C13H11BrO2/c1-2-9-3-4-10(7-12(9)14)13-6-5-11(8-15)16-13/h3-8H,2H2,1H3. The first-order valence-corrected chi connectivity index (χ1v) is 5.87. The highest BCUT2D eigenvalue weighted by Crippen LogP contribution is 2.27. The molecule has 3 heteroatoms. The molecule has 0 saturated heterocycles. The first-order valence-electron chi connectivity index (χ1n) is 5.08. The quantitative estimate of drug-likeness (QED) is 0.792. The van der Waals surface area contributed by atoms with Crippen molar-refractivity contribution in [2.75, 3.05) is 0 Å². The van der Waals surface area contributed by atoms with Gasteiger partial charge in [-0.25, -0.2) is 0 Å². The van der Waals surface area contributed by atoms with Gasteiger partial charge in [0.05, 0.1) is 0 Å². The third-order valence-electron chi connectivity index (χ3n) is 2.46. The summed E-state index contributed by atoms with van der Waals surface area (Å²) in [4.78, 5) is 10.5. The van der Waals surface area contributed by atoms with Gasteiger partial charge in [0, 0.05) is 10.0 Å². The summed E-state index contributed by atoms with van der Waals surface area (Å²) in [5, 5.41) is 0. The van der Waals surface area contributed by atoms with Crippen LogP contribution in [0.4, 0.5) is 0 Å². The number of halogens is 1. The fourth-order valence-corrected chi connectivity index (χ4v) is 2.22. The summed E-state index contributed by atoms with van der Waals surface area (Å²) in [5.74, 6) is 1.07. The summed E-state index contributed by atoms with van der Waals surface area (Å²) < 4.78 is 6.42. The zero-order chi connectivity index (χ0) is 11.5. The molecule has 82 valence electrons. The second-order valence-corrected chi connectivity index (χ2v) is 4.33. The molecular weight excluding hydrogens is 268 g/mol. The van der Waals surface area contributed by atoms with Crippen molar-refractivity contribution in [1.82, 2.24) is 0 Å². The molecule has 1 heterocycles. The monoisotopic (exact) mass is 278 g/mol. The number of furan rings is 1. The van der Waals surface area contributed by atoms with Crippen molar-refractivity contribution in [3.8, 4) is 11.3 Å². The Bertz CT molecular complexity index is 514. The number of benzene rings is 1. The van der Waals surface area contributed by atoms with Gasteiger partial charge in [-0.1, -0.05) is 35.0 Å². The number of carbonyl (C=O) groups is 1. The lowest BCUT2D eigenvalue weighted by Gasteiger charge is -2.03. The topological polar surface area (TPSA) is 30.2 Å². The molecule has 2 rings (SSSR count). The van der Waals surface area contributed by atoms with Crippen molar-refractivity contribution in [3.05, 3.63) is 46.1 Å². The van der Waals surface area contributed by atoms with E-state index in [4.69, 9.17) is 4.42 Å². The number of rotatable bonds is 3. The van der Waals surface area contributed by atoms with Gasteiger partial charge in [0.1, 0.15) is 5.76 Å². The highest BCUT2D eigenvalue weighted by atomic mass is 79.9. The van der Waals surface area contributed by atoms with Crippen LogP contribution in [0.15, 0.2) is 39.2 Å². The SMILES string of the molecule is CCc1ccc(-c2ccc(C=O)o2)cc1Br. The number of aryl methyl sites for hydroxylation is 1. The molecule has 0 spiro atoms. The molecule has 2 nitrogen and oxygen atoms in total. The third kappa shape index (κ3) is 2.09. The molecule has 0 aliphatic heterocycles. The average Bonchev–Trinajstić information content (AvgIpc) is 2.77. The summed E-state index contributed by atoms with van der Waals surface area (Å²) in [6, 6.07) is 9.53. The minimum Gasteiger partial charge on any atom is -0.453 e. The van der Waals surface area contributed by atoms with Crippen LogP contribution in [0, 0.1) is 0 Å². The van der Waals surface area contributed by atoms with E-state index in [9.17, 15) is 4.79 Å². The lowest BCUT2D eigenvalue weighted by atomic mass is 10.1. The molecule has 2 aromatic rings. The second kappa shape index (κ2) is 4.66. The van der Waals surface area contributed by atoms with E-state index < -0.39 is 0 Å². The number of hydrogen-bond donors (Lipinski definition) is 0. The summed E-state index contributed by atoms with van der Waals surface area (Å²) in [6.07, 6.45) is 1.69. The molecule has 0 saturated carbocycles. The molecule has 0 unspecified atom stereocenters. The number of aldehydes is 1. The normalized spacial score (nSPS) is 10.4. The van der Waals surface area contributed by atoms with Gasteiger partial charge in [-0.2, -0.15) is 0 Å². The van der Waals surface area contributed by atoms with E-state index in [2.05, 4.69) is 28.9 Å². The Hall–Kier alpha value is -1.35. The van der Waals surface area contributed by atoms with Crippen LogP contribution in [-0.2, 0) is 6.42 Å². The van der Waals surface area contributed by atoms with E-state index >= 15 is 0 Å². The fraction of sp³-hybridized carbons (Fsp3) is 0.154. The van der Waals surface area contributed by atoms with Crippen molar-refractivity contribution < 1.29 is 9.21 Å². The summed E-state index contributed by atoms with van der Waals surface area (Å²) >= 11 is 3.52. The van der Waals surface area contributed by atoms with Gasteiger partial charge in [0.2, 0.25) is 0 Å². The Morgan fingerprint density at radius 2 is 2.12 bits per heavy atom. The van der Waals surface area contributed by atoms with Crippen LogP contribution in [0.5, 0.6) is 0 Å². The zero-order valence-corrected chi connectivity index (χ0v) is 10.5. The van der Waals surface area contributed by atoms with Crippen LogP contribution >= 0.6 is 15.9 Å². The van der Waals surface area contributed by atoms with Crippen LogP contribution in [0.3, 0.4) is 0 Å². The highest BCUT2D eigenvalue weighted by molar-refractivity contribution is 9.10. The summed E-state index contributed by atoms with van der Waals surface area (Å²) in [5.41, 5.74) is 2.23. The van der Waals surface area contributed by atoms with Crippen LogP contribution < -0.4 is 0 Å². The largest absolute Gasteiger partial charge is 0.453 e. The Kier molecular flexibility index (Phi) is 3.25. The van der Waals surface area contributed by atoms with E-state index in [0.717, 1.165) is 16.5 Å². The molecule has 16 heavy (non-hydrogen) atoms. The van der Waals surface area contributed by atoms with Crippen molar-refractivity contribution in [1.29, 1.82) is 0 Å². The summed E-state index contributed by atoms with van der Waals surface area (Å²) in [7, 11) is 0. The van der Waals surface area contributed by atoms with Crippen LogP contribution in [0.25, 0.3) is 11.3 Å². The van der Waals surface area contributed by atoms with Gasteiger partial charge in [-0.05, 0) is 30.2 Å². The second-order valence-electron chi connectivity index (χ2n) is 3.48. The van der Waals surface area contributed by atoms with Crippen LogP contribution in [-0.4, -0.2) is 6.29 Å². The van der Waals surface area contributed by atoms with Crippen molar-refractivity contribution >= 4 is 22.2 Å². The highest BCUT2D eigenvalue weighted by Gasteiger charge is 2.06. The number of hydrogen-bond acceptors (Lipinski definition) is 2. The maximum Gasteiger partial charge on any atom is 0.185 e. The van der Waals surface area contributed by atoms with Crippen molar-refractivity contribution in [2.24, 2.45) is 0 Å². The van der Waals surface area contributed by atoms with Gasteiger partial charge in [0.25, 0.3) is 0 Å². The molecule has 0 aliphatic rings. The van der Waals surface area contributed by atoms with Crippen molar-refractivity contribution in [2.45, 2.75) is 13.3 Å². The zero-order valence-electron chi connectivity index (χ0n) is 8.87. The molecule has 0 bridgehead atoms. The molecule has 0 aliphatic carbocycles. The Balaban J connectivity index is 2.40. The molecule has 1 aromatic heterocycles. The Morgan fingerprint density at radius 1 is 1.31 bits per heavy atom. The minimum absolute atomic E-state index is 0.352. The predicted molar refractivity (Wildman–Crippen MR) is 66.6 cm³/mol. The minimum atomic E-state index is 0.352. The molecule has 0 amide bonds. The van der Waals surface area contributed by atoms with E-state index in [-0.39, 0.29) is 0 Å². The summed E-state index contributed by atoms with van der Waals surface area (Å²) in [6.45, 7) is 2.11. The Labute approximate surface area is 102 Å². The lowest BCUT2D eigenvalue weighted by Crippen LogP contribution is -1.83. The fourth-order valence-electron chi connectivity index (χ4n) is 1.56. The van der Waals surface area contributed by atoms with Crippen LogP contribution in [0.2, 0.25) is 0 Å². The lowest BCUT2D eigenvalue weighted by molar-refractivity contribution is 0.110. The van der Waals surface area contributed by atoms with Crippen molar-refractivity contribution in [3.63, 3.8) is 0 Å². The number of carbonyl (C=O) groups excluding carboxylic acids is 1. The van der Waals surface area contributed by atoms with Gasteiger partial charge < -0.3 is 4.42 Å². The van der Waals surface area contributed by atoms with Gasteiger partial charge in [0.15, 0.2) is 12.0 Å². The molecule has 0 fully saturated rings. The average molecular weight is 279 g/mol. The molecule has 0 radical (unpaired) electrons. The molecule has 1 aromatic carbocycles. The van der Waals surface area contributed by atoms with E-state index in [1.54, 1.807) is 12.1 Å². The van der Waals surface area contributed by atoms with Gasteiger partial charge in [-0.15, -0.1) is 0 Å². The smallest absolute Gasteiger partial charge is 0.185 e. The maximum atomic E-state index is 10.5. The first kappa shape index (κ1) is 11.1. The maximum absolute atomic E-state index is 10.5. The van der Waals surface area contributed by atoms with E-state index in [1.807, 2.05) is 12.1 Å². The molecular formula is C13H11BrO2. The predicted octanol–water partition coefficient (Wildman–Crippen LogP) is 4.08. The molecule has 0 N–H and O–H groups in total. The van der Waals surface area contributed by atoms with E-state index in [1.165, 1.54) is 5.56 Å². The third-order valence-corrected chi connectivity index (χ3v) is 3.20. The van der Waals surface area contributed by atoms with Gasteiger partial charge in [-0.3, -0.25) is 4.79 Å². The first-order chi connectivity index (χ1) is 7.74. The molecule has 0 atom stereocenters. The van der Waals surface area contributed by atoms with Gasteiger partial charge >= 0.3 is 0 Å².